The van der Waals surface area contributed by atoms with Gasteiger partial charge in [-0.15, -0.1) is 5.10 Å². The van der Waals surface area contributed by atoms with Gasteiger partial charge in [-0.05, 0) is 37.3 Å². The van der Waals surface area contributed by atoms with Crippen LogP contribution in [0.2, 0.25) is 0 Å². The van der Waals surface area contributed by atoms with Crippen molar-refractivity contribution in [2.75, 3.05) is 0 Å². The van der Waals surface area contributed by atoms with Gasteiger partial charge in [0.05, 0.1) is 28.7 Å². The zero-order valence-corrected chi connectivity index (χ0v) is 14.8. The Kier molecular flexibility index (Phi) is 4.28. The predicted molar refractivity (Wildman–Crippen MR) is 96.6 cm³/mol. The first-order valence-corrected chi connectivity index (χ1v) is 8.07. The molecule has 5 heteroatoms. The maximum Gasteiger partial charge on any atom is 0.180 e. The van der Waals surface area contributed by atoms with Gasteiger partial charge in [0.15, 0.2) is 5.82 Å². The molecule has 0 atom stereocenters. The number of benzene rings is 1. The lowest BCUT2D eigenvalue weighted by Gasteiger charge is -2.19. The number of nitrogens with zero attached hydrogens (tertiary/aromatic N) is 5. The van der Waals surface area contributed by atoms with Crippen LogP contribution in [0, 0.1) is 18.3 Å². The molecule has 124 valence electrons. The fraction of sp³-hybridized carbons (Fsp3) is 0.250. The fourth-order valence-electron chi connectivity index (χ4n) is 2.33. The van der Waals surface area contributed by atoms with Crippen molar-refractivity contribution < 1.29 is 0 Å². The summed E-state index contributed by atoms with van der Waals surface area (Å²) in [4.78, 5) is 9.37. The average molecular weight is 329 g/mol. The number of aromatic nitrogens is 4. The summed E-state index contributed by atoms with van der Waals surface area (Å²) in [6, 6.07) is 15.3. The molecule has 3 aromatic rings. The number of hydrogen-bond donors (Lipinski definition) is 0. The molecule has 2 heterocycles. The molecule has 0 aliphatic heterocycles. The highest BCUT2D eigenvalue weighted by molar-refractivity contribution is 5.64. The molecule has 5 nitrogen and oxygen atoms in total. The van der Waals surface area contributed by atoms with Crippen LogP contribution in [-0.4, -0.2) is 20.2 Å². The van der Waals surface area contributed by atoms with E-state index in [0.717, 1.165) is 22.6 Å². The van der Waals surface area contributed by atoms with Crippen molar-refractivity contribution >= 4 is 0 Å². The zero-order chi connectivity index (χ0) is 18.0. The molecular weight excluding hydrogens is 310 g/mol. The normalized spacial score (nSPS) is 11.2. The first-order chi connectivity index (χ1) is 11.9. The molecular formula is C20H19N5. The maximum absolute atomic E-state index is 8.97. The Hall–Kier alpha value is -3.13. The van der Waals surface area contributed by atoms with Crippen molar-refractivity contribution in [2.24, 2.45) is 0 Å². The second kappa shape index (κ2) is 6.40. The quantitative estimate of drug-likeness (QED) is 0.708. The molecule has 25 heavy (non-hydrogen) atoms. The Labute approximate surface area is 147 Å². The van der Waals surface area contributed by atoms with Gasteiger partial charge in [-0.3, -0.25) is 0 Å². The van der Waals surface area contributed by atoms with Crippen LogP contribution in [-0.2, 0) is 5.41 Å². The highest BCUT2D eigenvalue weighted by atomic mass is 15.1. The molecule has 0 amide bonds. The van der Waals surface area contributed by atoms with Gasteiger partial charge in [-0.1, -0.05) is 32.9 Å². The van der Waals surface area contributed by atoms with Crippen LogP contribution in [0.5, 0.6) is 0 Å². The minimum atomic E-state index is -0.128. The molecule has 1 aromatic carbocycles. The van der Waals surface area contributed by atoms with Crippen molar-refractivity contribution in [1.82, 2.24) is 20.2 Å². The predicted octanol–water partition coefficient (Wildman–Crippen LogP) is 4.08. The van der Waals surface area contributed by atoms with Gasteiger partial charge in [-0.25, -0.2) is 9.97 Å². The first kappa shape index (κ1) is 16.7. The summed E-state index contributed by atoms with van der Waals surface area (Å²) in [7, 11) is 0. The van der Waals surface area contributed by atoms with E-state index < -0.39 is 0 Å². The summed E-state index contributed by atoms with van der Waals surface area (Å²) in [6.07, 6.45) is 0. The van der Waals surface area contributed by atoms with E-state index in [4.69, 9.17) is 10.2 Å². The second-order valence-corrected chi connectivity index (χ2v) is 6.96. The van der Waals surface area contributed by atoms with Crippen molar-refractivity contribution in [1.29, 1.82) is 5.26 Å². The van der Waals surface area contributed by atoms with E-state index >= 15 is 0 Å². The molecule has 0 spiro atoms. The highest BCUT2D eigenvalue weighted by Crippen LogP contribution is 2.27. The van der Waals surface area contributed by atoms with E-state index in [1.165, 1.54) is 0 Å². The summed E-state index contributed by atoms with van der Waals surface area (Å²) in [5.41, 5.74) is 4.67. The van der Waals surface area contributed by atoms with E-state index in [0.29, 0.717) is 17.1 Å². The smallest absolute Gasteiger partial charge is 0.180 e. The summed E-state index contributed by atoms with van der Waals surface area (Å²) in [5.74, 6) is 0.555. The van der Waals surface area contributed by atoms with Gasteiger partial charge in [0.1, 0.15) is 5.69 Å². The van der Waals surface area contributed by atoms with Crippen molar-refractivity contribution in [2.45, 2.75) is 33.1 Å². The third-order valence-electron chi connectivity index (χ3n) is 3.83. The Balaban J connectivity index is 2.16. The molecule has 0 N–H and O–H groups in total. The molecule has 0 unspecified atom stereocenters. The topological polar surface area (TPSA) is 75.3 Å². The Morgan fingerprint density at radius 3 is 2.16 bits per heavy atom. The van der Waals surface area contributed by atoms with E-state index in [9.17, 15) is 0 Å². The molecule has 0 aliphatic rings. The lowest BCUT2D eigenvalue weighted by molar-refractivity contribution is 0.568. The van der Waals surface area contributed by atoms with Gasteiger partial charge in [-0.2, -0.15) is 10.4 Å². The standard InChI is InChI=1S/C20H19N5/c1-13-5-10-16(25-24-13)19-22-17(11-18(23-19)20(2,3)4)15-8-6-14(12-21)7-9-15/h5-11H,1-4H3. The molecule has 0 aliphatic carbocycles. The van der Waals surface area contributed by atoms with E-state index in [2.05, 4.69) is 42.0 Å². The molecule has 0 radical (unpaired) electrons. The minimum Gasteiger partial charge on any atom is -0.231 e. The number of rotatable bonds is 2. The summed E-state index contributed by atoms with van der Waals surface area (Å²) in [5, 5.41) is 17.3. The molecule has 0 bridgehead atoms. The molecule has 3 rings (SSSR count). The largest absolute Gasteiger partial charge is 0.231 e. The van der Waals surface area contributed by atoms with Crippen LogP contribution in [0.1, 0.15) is 37.7 Å². The number of aryl methyl sites for hydroxylation is 1. The average Bonchev–Trinajstić information content (AvgIpc) is 2.61. The highest BCUT2D eigenvalue weighted by Gasteiger charge is 2.19. The Bertz CT molecular complexity index is 930. The zero-order valence-electron chi connectivity index (χ0n) is 14.8. The summed E-state index contributed by atoms with van der Waals surface area (Å²) >= 11 is 0. The van der Waals surface area contributed by atoms with Crippen molar-refractivity contribution in [3.8, 4) is 28.8 Å². The van der Waals surface area contributed by atoms with Crippen LogP contribution in [0.25, 0.3) is 22.8 Å². The minimum absolute atomic E-state index is 0.128. The van der Waals surface area contributed by atoms with Crippen LogP contribution in [0.15, 0.2) is 42.5 Å². The Morgan fingerprint density at radius 2 is 1.60 bits per heavy atom. The van der Waals surface area contributed by atoms with Crippen LogP contribution >= 0.6 is 0 Å². The SMILES string of the molecule is Cc1ccc(-c2nc(-c3ccc(C#N)cc3)cc(C(C)(C)C)n2)nn1. The molecule has 0 saturated carbocycles. The van der Waals surface area contributed by atoms with Gasteiger partial charge < -0.3 is 0 Å². The molecule has 2 aromatic heterocycles. The van der Waals surface area contributed by atoms with Crippen LogP contribution in [0.3, 0.4) is 0 Å². The first-order valence-electron chi connectivity index (χ1n) is 8.07. The van der Waals surface area contributed by atoms with Crippen molar-refractivity contribution in [3.63, 3.8) is 0 Å². The van der Waals surface area contributed by atoms with Crippen LogP contribution in [0.4, 0.5) is 0 Å². The third kappa shape index (κ3) is 3.69. The monoisotopic (exact) mass is 329 g/mol. The fourth-order valence-corrected chi connectivity index (χ4v) is 2.33. The number of hydrogen-bond acceptors (Lipinski definition) is 5. The molecule has 0 saturated heterocycles. The maximum atomic E-state index is 8.97. The van der Waals surface area contributed by atoms with Gasteiger partial charge >= 0.3 is 0 Å². The van der Waals surface area contributed by atoms with Crippen molar-refractivity contribution in [3.05, 3.63) is 59.4 Å². The van der Waals surface area contributed by atoms with Gasteiger partial charge in [0.2, 0.25) is 0 Å². The number of nitriles is 1. The van der Waals surface area contributed by atoms with E-state index in [1.807, 2.05) is 37.3 Å². The third-order valence-corrected chi connectivity index (χ3v) is 3.83. The molecule has 0 fully saturated rings. The second-order valence-electron chi connectivity index (χ2n) is 6.96. The Morgan fingerprint density at radius 1 is 0.880 bits per heavy atom. The van der Waals surface area contributed by atoms with Gasteiger partial charge in [0, 0.05) is 11.0 Å². The van der Waals surface area contributed by atoms with E-state index in [-0.39, 0.29) is 5.41 Å². The lowest BCUT2D eigenvalue weighted by Crippen LogP contribution is -2.15. The van der Waals surface area contributed by atoms with E-state index in [1.54, 1.807) is 12.1 Å². The van der Waals surface area contributed by atoms with Crippen LogP contribution < -0.4 is 0 Å². The summed E-state index contributed by atoms with van der Waals surface area (Å²) < 4.78 is 0. The van der Waals surface area contributed by atoms with Gasteiger partial charge in [0.25, 0.3) is 0 Å². The summed E-state index contributed by atoms with van der Waals surface area (Å²) in [6.45, 7) is 8.23. The lowest BCUT2D eigenvalue weighted by atomic mass is 9.91.